The number of carbonyl (C=O) groups excluding carboxylic acids is 2. The molecule has 0 radical (unpaired) electrons. The average Bonchev–Trinajstić information content (AvgIpc) is 3.41. The zero-order chi connectivity index (χ0) is 18.8. The Hall–Kier alpha value is -2.42. The van der Waals surface area contributed by atoms with E-state index in [1.54, 1.807) is 11.7 Å². The maximum atomic E-state index is 12.7. The molecule has 2 aliphatic rings. The van der Waals surface area contributed by atoms with E-state index >= 15 is 0 Å². The van der Waals surface area contributed by atoms with Gasteiger partial charge in [0.1, 0.15) is 0 Å². The maximum absolute atomic E-state index is 12.7. The molecule has 1 aliphatic heterocycles. The lowest BCUT2D eigenvalue weighted by atomic mass is 10.1. The SMILES string of the molecule is Cn1nnnc1SCC(=O)N1CCN(C(=O)[C@H]2C[C@H]2c2ccccc2)CC1. The summed E-state index contributed by atoms with van der Waals surface area (Å²) < 4.78 is 1.55. The minimum Gasteiger partial charge on any atom is -0.339 e. The van der Waals surface area contributed by atoms with Crippen molar-refractivity contribution in [2.24, 2.45) is 13.0 Å². The van der Waals surface area contributed by atoms with Crippen molar-refractivity contribution >= 4 is 23.6 Å². The van der Waals surface area contributed by atoms with Crippen molar-refractivity contribution in [1.82, 2.24) is 30.0 Å². The number of thioether (sulfide) groups is 1. The quantitative estimate of drug-likeness (QED) is 0.706. The summed E-state index contributed by atoms with van der Waals surface area (Å²) in [5, 5.41) is 11.8. The Morgan fingerprint density at radius 2 is 1.81 bits per heavy atom. The van der Waals surface area contributed by atoms with E-state index in [9.17, 15) is 9.59 Å². The topological polar surface area (TPSA) is 84.2 Å². The standard InChI is InChI=1S/C18H22N6O2S/c1-22-18(19-20-21-22)27-12-16(25)23-7-9-24(10-8-23)17(26)15-11-14(15)13-5-3-2-4-6-13/h2-6,14-15H,7-12H2,1H3/t14-,15-/m0/s1. The summed E-state index contributed by atoms with van der Waals surface area (Å²) in [6, 6.07) is 10.2. The van der Waals surface area contributed by atoms with Crippen LogP contribution in [-0.4, -0.2) is 73.8 Å². The van der Waals surface area contributed by atoms with Gasteiger partial charge in [-0.1, -0.05) is 42.1 Å². The first-order chi connectivity index (χ1) is 13.1. The van der Waals surface area contributed by atoms with Crippen molar-refractivity contribution in [1.29, 1.82) is 0 Å². The Labute approximate surface area is 161 Å². The number of tetrazole rings is 1. The molecule has 8 nitrogen and oxygen atoms in total. The van der Waals surface area contributed by atoms with Gasteiger partial charge in [-0.2, -0.15) is 0 Å². The van der Waals surface area contributed by atoms with Gasteiger partial charge in [0.2, 0.25) is 17.0 Å². The maximum Gasteiger partial charge on any atom is 0.233 e. The Morgan fingerprint density at radius 1 is 1.11 bits per heavy atom. The van der Waals surface area contributed by atoms with Crippen LogP contribution in [0.2, 0.25) is 0 Å². The van der Waals surface area contributed by atoms with E-state index in [1.807, 2.05) is 28.0 Å². The number of piperazine rings is 1. The summed E-state index contributed by atoms with van der Waals surface area (Å²) in [4.78, 5) is 28.9. The first kappa shape index (κ1) is 18.0. The molecule has 27 heavy (non-hydrogen) atoms. The predicted octanol–water partition coefficient (Wildman–Crippen LogP) is 0.777. The molecule has 0 spiro atoms. The van der Waals surface area contributed by atoms with Gasteiger partial charge in [-0.05, 0) is 28.3 Å². The highest BCUT2D eigenvalue weighted by molar-refractivity contribution is 7.99. The molecule has 1 aromatic carbocycles. The van der Waals surface area contributed by atoms with Crippen LogP contribution in [0.5, 0.6) is 0 Å². The lowest BCUT2D eigenvalue weighted by Crippen LogP contribution is -2.51. The fourth-order valence-corrected chi connectivity index (χ4v) is 4.26. The summed E-state index contributed by atoms with van der Waals surface area (Å²) in [5.41, 5.74) is 1.25. The van der Waals surface area contributed by atoms with Gasteiger partial charge in [0.15, 0.2) is 0 Å². The van der Waals surface area contributed by atoms with Crippen molar-refractivity contribution < 1.29 is 9.59 Å². The molecule has 2 aromatic rings. The number of hydrogen-bond acceptors (Lipinski definition) is 6. The zero-order valence-corrected chi connectivity index (χ0v) is 16.0. The number of aryl methyl sites for hydroxylation is 1. The van der Waals surface area contributed by atoms with E-state index in [-0.39, 0.29) is 17.7 Å². The summed E-state index contributed by atoms with van der Waals surface area (Å²) in [7, 11) is 1.75. The third-order valence-electron chi connectivity index (χ3n) is 5.19. The van der Waals surface area contributed by atoms with E-state index in [0.29, 0.717) is 43.0 Å². The molecule has 4 rings (SSSR count). The lowest BCUT2D eigenvalue weighted by molar-refractivity contribution is -0.139. The third kappa shape index (κ3) is 3.97. The molecule has 1 aliphatic carbocycles. The molecular weight excluding hydrogens is 364 g/mol. The number of aromatic nitrogens is 4. The molecule has 2 heterocycles. The molecule has 1 saturated heterocycles. The number of carbonyl (C=O) groups is 2. The first-order valence-corrected chi connectivity index (χ1v) is 10.1. The highest BCUT2D eigenvalue weighted by Crippen LogP contribution is 2.48. The number of nitrogens with zero attached hydrogens (tertiary/aromatic N) is 6. The van der Waals surface area contributed by atoms with Gasteiger partial charge in [0, 0.05) is 39.1 Å². The number of hydrogen-bond donors (Lipinski definition) is 0. The number of amides is 2. The minimum atomic E-state index is 0.0590. The van der Waals surface area contributed by atoms with Crippen LogP contribution in [0.3, 0.4) is 0 Å². The highest BCUT2D eigenvalue weighted by atomic mass is 32.2. The second-order valence-corrected chi connectivity index (χ2v) is 7.88. The molecule has 0 bridgehead atoms. The zero-order valence-electron chi connectivity index (χ0n) is 15.2. The average molecular weight is 386 g/mol. The molecule has 1 aromatic heterocycles. The van der Waals surface area contributed by atoms with Crippen LogP contribution in [0.1, 0.15) is 17.9 Å². The van der Waals surface area contributed by atoms with Crippen molar-refractivity contribution in [2.75, 3.05) is 31.9 Å². The van der Waals surface area contributed by atoms with E-state index in [4.69, 9.17) is 0 Å². The van der Waals surface area contributed by atoms with Crippen molar-refractivity contribution in [3.05, 3.63) is 35.9 Å². The van der Waals surface area contributed by atoms with Crippen LogP contribution in [0.15, 0.2) is 35.5 Å². The highest BCUT2D eigenvalue weighted by Gasteiger charge is 2.46. The van der Waals surface area contributed by atoms with Crippen LogP contribution in [0.4, 0.5) is 0 Å². The Morgan fingerprint density at radius 3 is 2.48 bits per heavy atom. The summed E-state index contributed by atoms with van der Waals surface area (Å²) >= 11 is 1.33. The van der Waals surface area contributed by atoms with Crippen molar-refractivity contribution in [3.8, 4) is 0 Å². The Kier molecular flexibility index (Phi) is 5.11. The summed E-state index contributed by atoms with van der Waals surface area (Å²) in [5.74, 6) is 1.06. The monoisotopic (exact) mass is 386 g/mol. The van der Waals surface area contributed by atoms with Gasteiger partial charge in [-0.3, -0.25) is 9.59 Å². The fourth-order valence-electron chi connectivity index (χ4n) is 3.51. The molecule has 0 N–H and O–H groups in total. The van der Waals surface area contributed by atoms with Gasteiger partial charge in [-0.15, -0.1) is 5.10 Å². The Bertz CT molecular complexity index is 818. The summed E-state index contributed by atoms with van der Waals surface area (Å²) in [6.07, 6.45) is 0.935. The van der Waals surface area contributed by atoms with Crippen LogP contribution < -0.4 is 0 Å². The third-order valence-corrected chi connectivity index (χ3v) is 6.18. The van der Waals surface area contributed by atoms with Gasteiger partial charge >= 0.3 is 0 Å². The van der Waals surface area contributed by atoms with Gasteiger partial charge in [-0.25, -0.2) is 4.68 Å². The molecule has 2 fully saturated rings. The smallest absolute Gasteiger partial charge is 0.233 e. The van der Waals surface area contributed by atoms with Gasteiger partial charge < -0.3 is 9.80 Å². The molecular formula is C18H22N6O2S. The van der Waals surface area contributed by atoms with Gasteiger partial charge in [0.05, 0.1) is 5.75 Å². The number of rotatable bonds is 5. The van der Waals surface area contributed by atoms with E-state index in [1.165, 1.54) is 17.3 Å². The second-order valence-electron chi connectivity index (χ2n) is 6.94. The largest absolute Gasteiger partial charge is 0.339 e. The van der Waals surface area contributed by atoms with E-state index < -0.39 is 0 Å². The lowest BCUT2D eigenvalue weighted by Gasteiger charge is -2.35. The van der Waals surface area contributed by atoms with E-state index in [2.05, 4.69) is 27.7 Å². The van der Waals surface area contributed by atoms with Crippen molar-refractivity contribution in [3.63, 3.8) is 0 Å². The molecule has 142 valence electrons. The van der Waals surface area contributed by atoms with Crippen LogP contribution in [0, 0.1) is 5.92 Å². The Balaban J connectivity index is 1.24. The second kappa shape index (κ2) is 7.67. The normalized spacial score (nSPS) is 22.0. The fraction of sp³-hybridized carbons (Fsp3) is 0.500. The molecule has 9 heteroatoms. The van der Waals surface area contributed by atoms with Gasteiger partial charge in [0.25, 0.3) is 0 Å². The molecule has 2 amide bonds. The molecule has 0 unspecified atom stereocenters. The predicted molar refractivity (Wildman–Crippen MR) is 100.0 cm³/mol. The number of benzene rings is 1. The van der Waals surface area contributed by atoms with Crippen molar-refractivity contribution in [2.45, 2.75) is 17.5 Å². The molecule has 2 atom stereocenters. The first-order valence-electron chi connectivity index (χ1n) is 9.10. The van der Waals surface area contributed by atoms with E-state index in [0.717, 1.165) is 6.42 Å². The summed E-state index contributed by atoms with van der Waals surface area (Å²) in [6.45, 7) is 2.40. The molecule has 1 saturated carbocycles. The van der Waals surface area contributed by atoms with Crippen LogP contribution >= 0.6 is 11.8 Å². The minimum absolute atomic E-state index is 0.0590. The van der Waals surface area contributed by atoms with Crippen LogP contribution in [0.25, 0.3) is 0 Å². The van der Waals surface area contributed by atoms with Crippen LogP contribution in [-0.2, 0) is 16.6 Å².